The zero-order chi connectivity index (χ0) is 15.7. The maximum absolute atomic E-state index is 12.5. The first kappa shape index (κ1) is 14.8. The first-order valence-corrected chi connectivity index (χ1v) is 7.31. The van der Waals surface area contributed by atoms with Crippen LogP contribution in [0.1, 0.15) is 19.3 Å². The highest BCUT2D eigenvalue weighted by Gasteiger charge is 2.63. The molecule has 22 heavy (non-hydrogen) atoms. The van der Waals surface area contributed by atoms with Gasteiger partial charge in [0.1, 0.15) is 0 Å². The van der Waals surface area contributed by atoms with Gasteiger partial charge in [-0.2, -0.15) is 0 Å². The molecule has 0 N–H and O–H groups in total. The van der Waals surface area contributed by atoms with E-state index in [4.69, 9.17) is 14.3 Å². The second-order valence-electron chi connectivity index (χ2n) is 5.64. The first-order chi connectivity index (χ1) is 10.6. The molecular weight excluding hydrogens is 286 g/mol. The third-order valence-electron chi connectivity index (χ3n) is 4.54. The smallest absolute Gasteiger partial charge is 0.325 e. The standard InChI is InChI=1S/C16H19NO5/c1-20-14(18)16(15(19)21-2)10-12-8-9-13(16)17(22-12)11-6-4-3-5-7-11/h3-7,12-13H,8-10H2,1-2H3. The Morgan fingerprint density at radius 2 is 1.77 bits per heavy atom. The van der Waals surface area contributed by atoms with Gasteiger partial charge in [-0.15, -0.1) is 0 Å². The third-order valence-corrected chi connectivity index (χ3v) is 4.54. The van der Waals surface area contributed by atoms with Gasteiger partial charge in [-0.3, -0.25) is 14.4 Å². The van der Waals surface area contributed by atoms with Crippen molar-refractivity contribution in [3.63, 3.8) is 0 Å². The molecule has 6 heteroatoms. The van der Waals surface area contributed by atoms with Gasteiger partial charge >= 0.3 is 11.9 Å². The number of fused-ring (bicyclic) bond motifs is 3. The van der Waals surface area contributed by atoms with Crippen molar-refractivity contribution in [3.05, 3.63) is 30.3 Å². The number of ether oxygens (including phenoxy) is 2. The lowest BCUT2D eigenvalue weighted by Crippen LogP contribution is -2.66. The molecule has 1 aromatic rings. The number of hydrogen-bond acceptors (Lipinski definition) is 6. The summed E-state index contributed by atoms with van der Waals surface area (Å²) < 4.78 is 9.86. The summed E-state index contributed by atoms with van der Waals surface area (Å²) >= 11 is 0. The minimum absolute atomic E-state index is 0.205. The molecule has 0 spiro atoms. The largest absolute Gasteiger partial charge is 0.468 e. The average Bonchev–Trinajstić information content (AvgIpc) is 2.61. The van der Waals surface area contributed by atoms with Crippen LogP contribution in [0.25, 0.3) is 0 Å². The van der Waals surface area contributed by atoms with E-state index in [0.717, 1.165) is 12.1 Å². The number of nitrogens with zero attached hydrogens (tertiary/aromatic N) is 1. The van der Waals surface area contributed by atoms with Gasteiger partial charge in [-0.05, 0) is 25.0 Å². The molecule has 1 aliphatic carbocycles. The Labute approximate surface area is 128 Å². The van der Waals surface area contributed by atoms with Crippen molar-refractivity contribution < 1.29 is 23.9 Å². The maximum atomic E-state index is 12.5. The maximum Gasteiger partial charge on any atom is 0.325 e. The highest BCUT2D eigenvalue weighted by atomic mass is 16.7. The van der Waals surface area contributed by atoms with Crippen LogP contribution in [-0.2, 0) is 23.9 Å². The van der Waals surface area contributed by atoms with E-state index in [1.54, 1.807) is 5.06 Å². The van der Waals surface area contributed by atoms with E-state index in [1.807, 2.05) is 30.3 Å². The fourth-order valence-electron chi connectivity index (χ4n) is 3.53. The van der Waals surface area contributed by atoms with Crippen molar-refractivity contribution in [1.82, 2.24) is 0 Å². The molecule has 6 nitrogen and oxygen atoms in total. The van der Waals surface area contributed by atoms with E-state index in [1.165, 1.54) is 14.2 Å². The van der Waals surface area contributed by atoms with Crippen LogP contribution in [0, 0.1) is 5.41 Å². The SMILES string of the molecule is COC(=O)C1(C(=O)OC)CC2CCC1N(c1ccccc1)O2. The van der Waals surface area contributed by atoms with Crippen LogP contribution in [0.5, 0.6) is 0 Å². The van der Waals surface area contributed by atoms with Gasteiger partial charge in [0.15, 0.2) is 5.41 Å². The van der Waals surface area contributed by atoms with Gasteiger partial charge in [0.2, 0.25) is 0 Å². The molecule has 2 bridgehead atoms. The van der Waals surface area contributed by atoms with Gasteiger partial charge < -0.3 is 9.47 Å². The van der Waals surface area contributed by atoms with Gasteiger partial charge in [0.25, 0.3) is 0 Å². The van der Waals surface area contributed by atoms with Crippen LogP contribution in [0.15, 0.2) is 30.3 Å². The van der Waals surface area contributed by atoms with Crippen molar-refractivity contribution in [2.75, 3.05) is 19.3 Å². The van der Waals surface area contributed by atoms with E-state index in [2.05, 4.69) is 0 Å². The lowest BCUT2D eigenvalue weighted by atomic mass is 9.67. The molecule has 118 valence electrons. The highest BCUT2D eigenvalue weighted by molar-refractivity contribution is 6.01. The van der Waals surface area contributed by atoms with Crippen LogP contribution < -0.4 is 5.06 Å². The van der Waals surface area contributed by atoms with E-state index in [-0.39, 0.29) is 6.10 Å². The van der Waals surface area contributed by atoms with Gasteiger partial charge in [-0.1, -0.05) is 18.2 Å². The van der Waals surface area contributed by atoms with E-state index in [0.29, 0.717) is 12.8 Å². The number of anilines is 1. The van der Waals surface area contributed by atoms with Crippen LogP contribution in [0.3, 0.4) is 0 Å². The number of benzene rings is 1. The average molecular weight is 305 g/mol. The molecule has 2 saturated heterocycles. The van der Waals surface area contributed by atoms with Gasteiger partial charge in [0.05, 0.1) is 32.1 Å². The van der Waals surface area contributed by atoms with Crippen molar-refractivity contribution in [2.24, 2.45) is 5.41 Å². The second kappa shape index (κ2) is 5.61. The number of carbonyl (C=O) groups is 2. The molecule has 0 amide bonds. The first-order valence-electron chi connectivity index (χ1n) is 7.31. The van der Waals surface area contributed by atoms with Gasteiger partial charge in [0, 0.05) is 6.42 Å². The minimum atomic E-state index is -1.33. The lowest BCUT2D eigenvalue weighted by Gasteiger charge is -2.53. The zero-order valence-corrected chi connectivity index (χ0v) is 12.7. The molecule has 2 aliphatic heterocycles. The Morgan fingerprint density at radius 1 is 1.14 bits per heavy atom. The zero-order valence-electron chi connectivity index (χ0n) is 12.7. The Bertz CT molecular complexity index is 557. The summed E-state index contributed by atoms with van der Waals surface area (Å²) in [6.45, 7) is 0. The summed E-state index contributed by atoms with van der Waals surface area (Å²) in [5, 5.41) is 1.67. The molecule has 2 atom stereocenters. The number of rotatable bonds is 3. The number of hydrogen-bond donors (Lipinski definition) is 0. The molecule has 1 saturated carbocycles. The molecule has 3 aliphatic rings. The van der Waals surface area contributed by atoms with Crippen molar-refractivity contribution in [1.29, 1.82) is 0 Å². The van der Waals surface area contributed by atoms with Crippen LogP contribution >= 0.6 is 0 Å². The molecule has 4 rings (SSSR count). The van der Waals surface area contributed by atoms with Crippen molar-refractivity contribution in [3.8, 4) is 0 Å². The number of hydroxylamine groups is 1. The summed E-state index contributed by atoms with van der Waals surface area (Å²) in [6.07, 6.45) is 1.57. The number of methoxy groups -OCH3 is 2. The Balaban J connectivity index is 2.04. The minimum Gasteiger partial charge on any atom is -0.468 e. The molecule has 0 aromatic heterocycles. The molecule has 2 heterocycles. The normalized spacial score (nSPS) is 25.6. The van der Waals surface area contributed by atoms with Crippen LogP contribution in [-0.4, -0.2) is 38.3 Å². The highest BCUT2D eigenvalue weighted by Crippen LogP contribution is 2.48. The lowest BCUT2D eigenvalue weighted by molar-refractivity contribution is -0.194. The summed E-state index contributed by atoms with van der Waals surface area (Å²) in [4.78, 5) is 30.8. The van der Waals surface area contributed by atoms with E-state index >= 15 is 0 Å². The second-order valence-corrected chi connectivity index (χ2v) is 5.64. The number of carbonyl (C=O) groups excluding carboxylic acids is 2. The Hall–Kier alpha value is -2.08. The Kier molecular flexibility index (Phi) is 3.78. The van der Waals surface area contributed by atoms with Crippen LogP contribution in [0.4, 0.5) is 5.69 Å². The number of esters is 2. The fraction of sp³-hybridized carbons (Fsp3) is 0.500. The topological polar surface area (TPSA) is 65.1 Å². The van der Waals surface area contributed by atoms with Crippen LogP contribution in [0.2, 0.25) is 0 Å². The summed E-state index contributed by atoms with van der Waals surface area (Å²) in [5.41, 5.74) is -0.519. The molecule has 0 radical (unpaired) electrons. The predicted octanol–water partition coefficient (Wildman–Crippen LogP) is 1.69. The summed E-state index contributed by atoms with van der Waals surface area (Å²) in [5.74, 6) is -1.11. The number of para-hydroxylation sites is 1. The van der Waals surface area contributed by atoms with E-state index in [9.17, 15) is 9.59 Å². The monoisotopic (exact) mass is 305 g/mol. The third kappa shape index (κ3) is 2.06. The van der Waals surface area contributed by atoms with Gasteiger partial charge in [-0.25, -0.2) is 5.06 Å². The summed E-state index contributed by atoms with van der Waals surface area (Å²) in [7, 11) is 2.59. The van der Waals surface area contributed by atoms with Crippen molar-refractivity contribution >= 4 is 17.6 Å². The predicted molar refractivity (Wildman–Crippen MR) is 77.9 cm³/mol. The molecular formula is C16H19NO5. The van der Waals surface area contributed by atoms with E-state index < -0.39 is 23.4 Å². The summed E-state index contributed by atoms with van der Waals surface area (Å²) in [6, 6.07) is 9.03. The molecule has 3 fully saturated rings. The Morgan fingerprint density at radius 3 is 2.32 bits per heavy atom. The fourth-order valence-corrected chi connectivity index (χ4v) is 3.53. The quantitative estimate of drug-likeness (QED) is 0.625. The molecule has 2 unspecified atom stereocenters. The van der Waals surface area contributed by atoms with Crippen molar-refractivity contribution in [2.45, 2.75) is 31.4 Å². The molecule has 1 aromatic carbocycles.